The van der Waals surface area contributed by atoms with Crippen molar-refractivity contribution >= 4 is 11.8 Å². The lowest BCUT2D eigenvalue weighted by Crippen LogP contribution is -2.45. The first-order chi connectivity index (χ1) is 11.2. The van der Waals surface area contributed by atoms with Gasteiger partial charge in [-0.05, 0) is 31.4 Å². The van der Waals surface area contributed by atoms with E-state index in [1.165, 1.54) is 0 Å². The van der Waals surface area contributed by atoms with Crippen molar-refractivity contribution in [2.45, 2.75) is 37.4 Å². The Bertz CT molecular complexity index is 625. The zero-order valence-corrected chi connectivity index (χ0v) is 12.9. The zero-order valence-electron chi connectivity index (χ0n) is 12.9. The summed E-state index contributed by atoms with van der Waals surface area (Å²) in [7, 11) is 0. The maximum Gasteiger partial charge on any atom is 0.251 e. The molecule has 6 nitrogen and oxygen atoms in total. The lowest BCUT2D eigenvalue weighted by molar-refractivity contribution is -0.133. The largest absolute Gasteiger partial charge is 0.348 e. The molecule has 3 atom stereocenters. The van der Waals surface area contributed by atoms with Crippen LogP contribution in [0, 0.1) is 11.3 Å². The Kier molecular flexibility index (Phi) is 4.58. The van der Waals surface area contributed by atoms with E-state index in [1.54, 1.807) is 17.0 Å². The highest BCUT2D eigenvalue weighted by Gasteiger charge is 2.37. The lowest BCUT2D eigenvalue weighted by atomic mass is 10.1. The monoisotopic (exact) mass is 312 g/mol. The van der Waals surface area contributed by atoms with Gasteiger partial charge in [0.2, 0.25) is 5.91 Å². The lowest BCUT2D eigenvalue weighted by Gasteiger charge is -2.23. The molecule has 3 rings (SSSR count). The van der Waals surface area contributed by atoms with Crippen molar-refractivity contribution in [1.29, 1.82) is 5.26 Å². The Morgan fingerprint density at radius 1 is 1.30 bits per heavy atom. The van der Waals surface area contributed by atoms with Crippen molar-refractivity contribution in [2.24, 2.45) is 0 Å². The number of rotatable bonds is 3. The molecule has 0 spiro atoms. The minimum absolute atomic E-state index is 0.0227. The first-order valence-electron chi connectivity index (χ1n) is 7.98. The standard InChI is InChI=1S/C17H20N4O2/c18-10-14-7-4-8-21(14)17(23)15-9-13(11-19-15)20-16(22)12-5-2-1-3-6-12/h1-3,5-6,13-15,19H,4,7-9,11H2,(H,20,22)/t13-,14+,15+/m1/s1. The van der Waals surface area contributed by atoms with E-state index in [2.05, 4.69) is 16.7 Å². The molecule has 0 radical (unpaired) electrons. The van der Waals surface area contributed by atoms with Crippen LogP contribution in [0.4, 0.5) is 0 Å². The molecule has 2 aliphatic heterocycles. The summed E-state index contributed by atoms with van der Waals surface area (Å²) >= 11 is 0. The van der Waals surface area contributed by atoms with Crippen LogP contribution in [0.3, 0.4) is 0 Å². The summed E-state index contributed by atoms with van der Waals surface area (Å²) in [6, 6.07) is 10.5. The summed E-state index contributed by atoms with van der Waals surface area (Å²) in [5, 5.41) is 15.2. The number of carbonyl (C=O) groups is 2. The highest BCUT2D eigenvalue weighted by molar-refractivity contribution is 5.94. The van der Waals surface area contributed by atoms with Gasteiger partial charge in [-0.15, -0.1) is 0 Å². The molecule has 120 valence electrons. The van der Waals surface area contributed by atoms with E-state index in [4.69, 9.17) is 5.26 Å². The predicted octanol–water partition coefficient (Wildman–Crippen LogP) is 0.661. The third-order valence-electron chi connectivity index (χ3n) is 4.49. The fraction of sp³-hybridized carbons (Fsp3) is 0.471. The average Bonchev–Trinajstić information content (AvgIpc) is 3.24. The predicted molar refractivity (Wildman–Crippen MR) is 84.5 cm³/mol. The van der Waals surface area contributed by atoms with Crippen LogP contribution in [0.15, 0.2) is 30.3 Å². The maximum absolute atomic E-state index is 12.5. The Balaban J connectivity index is 1.55. The van der Waals surface area contributed by atoms with Crippen LogP contribution >= 0.6 is 0 Å². The minimum atomic E-state index is -0.315. The molecular formula is C17H20N4O2. The Labute approximate surface area is 135 Å². The molecular weight excluding hydrogens is 292 g/mol. The van der Waals surface area contributed by atoms with Crippen LogP contribution in [-0.2, 0) is 4.79 Å². The molecule has 2 heterocycles. The van der Waals surface area contributed by atoms with Crippen LogP contribution in [0.5, 0.6) is 0 Å². The fourth-order valence-corrected chi connectivity index (χ4v) is 3.26. The summed E-state index contributed by atoms with van der Waals surface area (Å²) in [5.41, 5.74) is 0.617. The van der Waals surface area contributed by atoms with Gasteiger partial charge in [0.15, 0.2) is 0 Å². The van der Waals surface area contributed by atoms with E-state index in [1.807, 2.05) is 18.2 Å². The van der Waals surface area contributed by atoms with E-state index in [9.17, 15) is 9.59 Å². The molecule has 2 aliphatic rings. The van der Waals surface area contributed by atoms with Gasteiger partial charge in [0.1, 0.15) is 6.04 Å². The van der Waals surface area contributed by atoms with Crippen LogP contribution in [-0.4, -0.2) is 47.9 Å². The molecule has 1 aromatic carbocycles. The van der Waals surface area contributed by atoms with E-state index >= 15 is 0 Å². The van der Waals surface area contributed by atoms with Crippen LogP contribution in [0.25, 0.3) is 0 Å². The van der Waals surface area contributed by atoms with Gasteiger partial charge in [0, 0.05) is 24.7 Å². The summed E-state index contributed by atoms with van der Waals surface area (Å²) in [4.78, 5) is 26.3. The van der Waals surface area contributed by atoms with E-state index < -0.39 is 0 Å². The van der Waals surface area contributed by atoms with Gasteiger partial charge >= 0.3 is 0 Å². The maximum atomic E-state index is 12.5. The second kappa shape index (κ2) is 6.80. The number of amides is 2. The van der Waals surface area contributed by atoms with Crippen molar-refractivity contribution < 1.29 is 9.59 Å². The molecule has 0 bridgehead atoms. The van der Waals surface area contributed by atoms with Crippen molar-refractivity contribution in [2.75, 3.05) is 13.1 Å². The SMILES string of the molecule is N#C[C@@H]1CCCN1C(=O)[C@@H]1C[C@@H](NC(=O)c2ccccc2)CN1. The van der Waals surface area contributed by atoms with Crippen LogP contribution in [0.1, 0.15) is 29.6 Å². The van der Waals surface area contributed by atoms with Crippen LogP contribution in [0.2, 0.25) is 0 Å². The average molecular weight is 312 g/mol. The number of benzene rings is 1. The number of nitrogens with one attached hydrogen (secondary N) is 2. The third-order valence-corrected chi connectivity index (χ3v) is 4.49. The van der Waals surface area contributed by atoms with Crippen molar-refractivity contribution in [3.8, 4) is 6.07 Å². The molecule has 2 saturated heterocycles. The molecule has 2 N–H and O–H groups in total. The Morgan fingerprint density at radius 3 is 2.83 bits per heavy atom. The molecule has 6 heteroatoms. The number of hydrogen-bond donors (Lipinski definition) is 2. The summed E-state index contributed by atoms with van der Waals surface area (Å²) in [6.07, 6.45) is 2.19. The quantitative estimate of drug-likeness (QED) is 0.859. The molecule has 2 amide bonds. The fourth-order valence-electron chi connectivity index (χ4n) is 3.26. The Morgan fingerprint density at radius 2 is 2.09 bits per heavy atom. The highest BCUT2D eigenvalue weighted by Crippen LogP contribution is 2.20. The van der Waals surface area contributed by atoms with Crippen LogP contribution < -0.4 is 10.6 Å². The smallest absolute Gasteiger partial charge is 0.251 e. The summed E-state index contributed by atoms with van der Waals surface area (Å²) < 4.78 is 0. The van der Waals surface area contributed by atoms with Gasteiger partial charge in [-0.25, -0.2) is 0 Å². The minimum Gasteiger partial charge on any atom is -0.348 e. The number of carbonyl (C=O) groups excluding carboxylic acids is 2. The molecule has 0 aliphatic carbocycles. The molecule has 2 fully saturated rings. The number of nitriles is 1. The van der Waals surface area contributed by atoms with Gasteiger partial charge in [-0.2, -0.15) is 5.26 Å². The van der Waals surface area contributed by atoms with Gasteiger partial charge in [-0.3, -0.25) is 9.59 Å². The first kappa shape index (κ1) is 15.5. The summed E-state index contributed by atoms with van der Waals surface area (Å²) in [6.45, 7) is 1.22. The molecule has 0 aromatic heterocycles. The number of hydrogen-bond acceptors (Lipinski definition) is 4. The molecule has 0 unspecified atom stereocenters. The number of likely N-dealkylation sites (tertiary alicyclic amines) is 1. The molecule has 23 heavy (non-hydrogen) atoms. The normalized spacial score (nSPS) is 26.7. The molecule has 0 saturated carbocycles. The molecule has 1 aromatic rings. The Hall–Kier alpha value is -2.39. The van der Waals surface area contributed by atoms with E-state index in [0.29, 0.717) is 25.1 Å². The second-order valence-electron chi connectivity index (χ2n) is 6.05. The van der Waals surface area contributed by atoms with Gasteiger partial charge < -0.3 is 15.5 Å². The number of nitrogens with zero attached hydrogens (tertiary/aromatic N) is 2. The van der Waals surface area contributed by atoms with Crippen molar-refractivity contribution in [1.82, 2.24) is 15.5 Å². The second-order valence-corrected chi connectivity index (χ2v) is 6.05. The van der Waals surface area contributed by atoms with Gasteiger partial charge in [-0.1, -0.05) is 18.2 Å². The summed E-state index contributed by atoms with van der Waals surface area (Å²) in [5.74, 6) is -0.146. The highest BCUT2D eigenvalue weighted by atomic mass is 16.2. The first-order valence-corrected chi connectivity index (χ1v) is 7.98. The van der Waals surface area contributed by atoms with Gasteiger partial charge in [0.25, 0.3) is 5.91 Å². The van der Waals surface area contributed by atoms with E-state index in [0.717, 1.165) is 12.8 Å². The van der Waals surface area contributed by atoms with E-state index in [-0.39, 0.29) is 29.9 Å². The van der Waals surface area contributed by atoms with Crippen molar-refractivity contribution in [3.63, 3.8) is 0 Å². The van der Waals surface area contributed by atoms with Crippen molar-refractivity contribution in [3.05, 3.63) is 35.9 Å². The topological polar surface area (TPSA) is 85.2 Å². The zero-order chi connectivity index (χ0) is 16.2. The van der Waals surface area contributed by atoms with Gasteiger partial charge in [0.05, 0.1) is 12.1 Å². The third kappa shape index (κ3) is 3.35.